The maximum absolute atomic E-state index is 11.4. The predicted molar refractivity (Wildman–Crippen MR) is 91.3 cm³/mol. The van der Waals surface area contributed by atoms with Crippen molar-refractivity contribution in [3.05, 3.63) is 42.2 Å². The van der Waals surface area contributed by atoms with E-state index in [4.69, 9.17) is 4.74 Å². The molecular formula is C17H21N3O2S. The first-order valence-corrected chi connectivity index (χ1v) is 8.82. The lowest BCUT2D eigenvalue weighted by Crippen LogP contribution is -2.26. The molecule has 2 heterocycles. The van der Waals surface area contributed by atoms with Crippen molar-refractivity contribution < 1.29 is 9.53 Å². The van der Waals surface area contributed by atoms with Gasteiger partial charge in [0.25, 0.3) is 0 Å². The van der Waals surface area contributed by atoms with Gasteiger partial charge in [0.15, 0.2) is 5.16 Å². The number of thioether (sulfide) groups is 1. The van der Waals surface area contributed by atoms with Crippen LogP contribution in [-0.2, 0) is 4.74 Å². The van der Waals surface area contributed by atoms with Crippen LogP contribution in [0.15, 0.2) is 41.8 Å². The minimum absolute atomic E-state index is 0.210. The number of ether oxygens (including phenoxy) is 1. The van der Waals surface area contributed by atoms with Crippen molar-refractivity contribution in [3.63, 3.8) is 0 Å². The van der Waals surface area contributed by atoms with Crippen LogP contribution in [-0.4, -0.2) is 46.0 Å². The van der Waals surface area contributed by atoms with Gasteiger partial charge in [0, 0.05) is 30.4 Å². The average molecular weight is 331 g/mol. The maximum Gasteiger partial charge on any atom is 0.409 e. The molecule has 1 aromatic heterocycles. The zero-order chi connectivity index (χ0) is 16.2. The number of carbonyl (C=O) groups is 1. The van der Waals surface area contributed by atoms with E-state index >= 15 is 0 Å². The number of hydrogen-bond acceptors (Lipinski definition) is 4. The summed E-state index contributed by atoms with van der Waals surface area (Å²) in [6.07, 6.45) is 3.57. The highest BCUT2D eigenvalue weighted by Gasteiger charge is 2.21. The van der Waals surface area contributed by atoms with Crippen LogP contribution in [0, 0.1) is 0 Å². The second-order valence-corrected chi connectivity index (χ2v) is 6.84. The highest BCUT2D eigenvalue weighted by molar-refractivity contribution is 7.99. The number of imidazole rings is 1. The van der Waals surface area contributed by atoms with Crippen molar-refractivity contribution in [2.75, 3.05) is 25.4 Å². The lowest BCUT2D eigenvalue weighted by Gasteiger charge is -2.13. The molecule has 1 saturated heterocycles. The van der Waals surface area contributed by atoms with E-state index < -0.39 is 0 Å². The third-order valence-electron chi connectivity index (χ3n) is 3.88. The molecule has 0 saturated carbocycles. The first-order valence-electron chi connectivity index (χ1n) is 7.83. The van der Waals surface area contributed by atoms with Gasteiger partial charge in [0.2, 0.25) is 0 Å². The van der Waals surface area contributed by atoms with Crippen LogP contribution in [0.3, 0.4) is 0 Å². The summed E-state index contributed by atoms with van der Waals surface area (Å²) in [7, 11) is 0. The van der Waals surface area contributed by atoms with Crippen molar-refractivity contribution in [1.82, 2.24) is 14.5 Å². The molecule has 6 heteroatoms. The zero-order valence-corrected chi connectivity index (χ0v) is 14.3. The molecule has 1 aliphatic heterocycles. The van der Waals surface area contributed by atoms with Crippen LogP contribution in [0.1, 0.15) is 25.3 Å². The first-order chi connectivity index (χ1) is 11.1. The SMILES string of the molecule is CC(C)c1ccc(-n2ccnc2SCCN2CCOC2=O)cc1. The topological polar surface area (TPSA) is 47.4 Å². The molecular weight excluding hydrogens is 310 g/mol. The minimum Gasteiger partial charge on any atom is -0.448 e. The van der Waals surface area contributed by atoms with Gasteiger partial charge in [-0.15, -0.1) is 0 Å². The fraction of sp³-hybridized carbons (Fsp3) is 0.412. The summed E-state index contributed by atoms with van der Waals surface area (Å²) in [6, 6.07) is 8.57. The van der Waals surface area contributed by atoms with Crippen molar-refractivity contribution in [1.29, 1.82) is 0 Å². The van der Waals surface area contributed by atoms with Crippen LogP contribution in [0.2, 0.25) is 0 Å². The van der Waals surface area contributed by atoms with Gasteiger partial charge >= 0.3 is 6.09 Å². The van der Waals surface area contributed by atoms with Gasteiger partial charge in [-0.05, 0) is 23.6 Å². The number of cyclic esters (lactones) is 1. The molecule has 0 unspecified atom stereocenters. The summed E-state index contributed by atoms with van der Waals surface area (Å²) in [5.74, 6) is 1.33. The van der Waals surface area contributed by atoms with Gasteiger partial charge in [-0.3, -0.25) is 4.57 Å². The normalized spacial score (nSPS) is 14.6. The lowest BCUT2D eigenvalue weighted by atomic mass is 10.0. The van der Waals surface area contributed by atoms with E-state index in [1.165, 1.54) is 5.56 Å². The Balaban J connectivity index is 1.63. The zero-order valence-electron chi connectivity index (χ0n) is 13.4. The van der Waals surface area contributed by atoms with E-state index in [0.29, 0.717) is 25.6 Å². The van der Waals surface area contributed by atoms with Crippen molar-refractivity contribution >= 4 is 17.9 Å². The molecule has 0 bridgehead atoms. The van der Waals surface area contributed by atoms with Crippen LogP contribution in [0.25, 0.3) is 5.69 Å². The fourth-order valence-corrected chi connectivity index (χ4v) is 3.42. The molecule has 0 radical (unpaired) electrons. The Kier molecular flexibility index (Phi) is 4.91. The number of rotatable bonds is 6. The molecule has 1 aliphatic rings. The molecule has 0 N–H and O–H groups in total. The molecule has 0 atom stereocenters. The van der Waals surface area contributed by atoms with Gasteiger partial charge in [0.05, 0.1) is 6.54 Å². The van der Waals surface area contributed by atoms with Crippen LogP contribution in [0.5, 0.6) is 0 Å². The van der Waals surface area contributed by atoms with E-state index in [1.807, 2.05) is 12.4 Å². The Morgan fingerprint density at radius 3 is 2.74 bits per heavy atom. The van der Waals surface area contributed by atoms with Crippen molar-refractivity contribution in [2.24, 2.45) is 0 Å². The van der Waals surface area contributed by atoms with Gasteiger partial charge in [0.1, 0.15) is 6.61 Å². The van der Waals surface area contributed by atoms with Gasteiger partial charge in [-0.2, -0.15) is 0 Å². The first kappa shape index (κ1) is 15.9. The maximum atomic E-state index is 11.4. The number of carbonyl (C=O) groups excluding carboxylic acids is 1. The molecule has 0 aliphatic carbocycles. The average Bonchev–Trinajstić information content (AvgIpc) is 3.17. The van der Waals surface area contributed by atoms with Gasteiger partial charge in [-0.25, -0.2) is 9.78 Å². The standard InChI is InChI=1S/C17H21N3O2S/c1-13(2)14-3-5-15(6-4-14)20-8-7-18-16(20)23-12-10-19-9-11-22-17(19)21/h3-8,13H,9-12H2,1-2H3. The Morgan fingerprint density at radius 2 is 2.09 bits per heavy atom. The number of aromatic nitrogens is 2. The monoisotopic (exact) mass is 331 g/mol. The Morgan fingerprint density at radius 1 is 1.30 bits per heavy atom. The fourth-order valence-electron chi connectivity index (χ4n) is 2.49. The van der Waals surface area contributed by atoms with Crippen LogP contribution in [0.4, 0.5) is 4.79 Å². The molecule has 122 valence electrons. The van der Waals surface area contributed by atoms with Crippen molar-refractivity contribution in [3.8, 4) is 5.69 Å². The molecule has 1 fully saturated rings. The largest absolute Gasteiger partial charge is 0.448 e. The summed E-state index contributed by atoms with van der Waals surface area (Å²) >= 11 is 1.65. The summed E-state index contributed by atoms with van der Waals surface area (Å²) in [5.41, 5.74) is 2.44. The third kappa shape index (κ3) is 3.69. The number of benzene rings is 1. The second-order valence-electron chi connectivity index (χ2n) is 5.78. The summed E-state index contributed by atoms with van der Waals surface area (Å²) in [4.78, 5) is 17.6. The summed E-state index contributed by atoms with van der Waals surface area (Å²) < 4.78 is 7.01. The molecule has 3 rings (SSSR count). The molecule has 5 nitrogen and oxygen atoms in total. The highest BCUT2D eigenvalue weighted by atomic mass is 32.2. The smallest absolute Gasteiger partial charge is 0.409 e. The number of nitrogens with zero attached hydrogens (tertiary/aromatic N) is 3. The predicted octanol–water partition coefficient (Wildman–Crippen LogP) is 3.54. The molecule has 1 amide bonds. The third-order valence-corrected chi connectivity index (χ3v) is 4.83. The van der Waals surface area contributed by atoms with Crippen molar-refractivity contribution in [2.45, 2.75) is 24.9 Å². The van der Waals surface area contributed by atoms with Crippen LogP contribution >= 0.6 is 11.8 Å². The molecule has 0 spiro atoms. The number of hydrogen-bond donors (Lipinski definition) is 0. The second kappa shape index (κ2) is 7.08. The summed E-state index contributed by atoms with van der Waals surface area (Å²) in [6.45, 7) is 6.25. The van der Waals surface area contributed by atoms with E-state index in [9.17, 15) is 4.79 Å². The van der Waals surface area contributed by atoms with Gasteiger partial charge < -0.3 is 9.64 Å². The minimum atomic E-state index is -0.210. The number of amides is 1. The van der Waals surface area contributed by atoms with Gasteiger partial charge in [-0.1, -0.05) is 37.7 Å². The molecule has 23 heavy (non-hydrogen) atoms. The quantitative estimate of drug-likeness (QED) is 0.760. The van der Waals surface area contributed by atoms with E-state index in [1.54, 1.807) is 16.7 Å². The molecule has 2 aromatic rings. The highest BCUT2D eigenvalue weighted by Crippen LogP contribution is 2.22. The summed E-state index contributed by atoms with van der Waals surface area (Å²) in [5, 5.41) is 0.940. The van der Waals surface area contributed by atoms with E-state index in [2.05, 4.69) is 47.7 Å². The van der Waals surface area contributed by atoms with Crippen LogP contribution < -0.4 is 0 Å². The lowest BCUT2D eigenvalue weighted by molar-refractivity contribution is 0.160. The Bertz CT molecular complexity index is 667. The van der Waals surface area contributed by atoms with E-state index in [-0.39, 0.29) is 6.09 Å². The Labute approximate surface area is 140 Å². The van der Waals surface area contributed by atoms with E-state index in [0.717, 1.165) is 16.6 Å². The Hall–Kier alpha value is -1.95. The molecule has 1 aromatic carbocycles.